The van der Waals surface area contributed by atoms with Gasteiger partial charge in [0.05, 0.1) is 22.4 Å². The van der Waals surface area contributed by atoms with Gasteiger partial charge in [0.2, 0.25) is 5.91 Å². The molecule has 0 bridgehead atoms. The van der Waals surface area contributed by atoms with E-state index in [9.17, 15) is 9.59 Å². The second-order valence-corrected chi connectivity index (χ2v) is 5.54. The lowest BCUT2D eigenvalue weighted by Crippen LogP contribution is -2.26. The maximum Gasteiger partial charge on any atom is 0.251 e. The molecule has 0 aliphatic carbocycles. The van der Waals surface area contributed by atoms with E-state index in [1.807, 2.05) is 19.9 Å². The molecule has 1 heterocycles. The van der Waals surface area contributed by atoms with Gasteiger partial charge in [0, 0.05) is 25.6 Å². The molecule has 122 valence electrons. The second kappa shape index (κ2) is 7.67. The van der Waals surface area contributed by atoms with E-state index < -0.39 is 0 Å². The smallest absolute Gasteiger partial charge is 0.251 e. The Labute approximate surface area is 135 Å². The van der Waals surface area contributed by atoms with E-state index in [4.69, 9.17) is 0 Å². The zero-order valence-electron chi connectivity index (χ0n) is 13.8. The van der Waals surface area contributed by atoms with Crippen LogP contribution in [-0.2, 0) is 4.79 Å². The van der Waals surface area contributed by atoms with Gasteiger partial charge in [-0.05, 0) is 44.9 Å². The molecular weight excluding hydrogens is 292 g/mol. The van der Waals surface area contributed by atoms with Crippen molar-refractivity contribution in [3.05, 3.63) is 35.2 Å². The van der Waals surface area contributed by atoms with Crippen LogP contribution in [0.25, 0.3) is 11.0 Å². The van der Waals surface area contributed by atoms with Crippen LogP contribution in [0.15, 0.2) is 18.2 Å². The first-order chi connectivity index (χ1) is 11.0. The number of rotatable bonds is 6. The monoisotopic (exact) mass is 314 g/mol. The molecule has 0 aliphatic heterocycles. The summed E-state index contributed by atoms with van der Waals surface area (Å²) in [6, 6.07) is 5.35. The number of benzene rings is 1. The highest BCUT2D eigenvalue weighted by Gasteiger charge is 2.08. The minimum absolute atomic E-state index is 0.0307. The summed E-state index contributed by atoms with van der Waals surface area (Å²) >= 11 is 0. The van der Waals surface area contributed by atoms with E-state index in [0.717, 1.165) is 35.3 Å². The van der Waals surface area contributed by atoms with Crippen LogP contribution in [0.2, 0.25) is 0 Å². The Morgan fingerprint density at radius 3 is 2.22 bits per heavy atom. The lowest BCUT2D eigenvalue weighted by Gasteiger charge is -2.07. The van der Waals surface area contributed by atoms with Gasteiger partial charge in [-0.25, -0.2) is 9.97 Å². The predicted molar refractivity (Wildman–Crippen MR) is 89.3 cm³/mol. The molecule has 0 saturated carbocycles. The molecule has 2 N–H and O–H groups in total. The average Bonchev–Trinajstić information content (AvgIpc) is 2.51. The number of carbonyl (C=O) groups excluding carboxylic acids is 2. The summed E-state index contributed by atoms with van der Waals surface area (Å²) in [5.41, 5.74) is 3.87. The predicted octanol–water partition coefficient (Wildman–Crippen LogP) is 1.89. The Morgan fingerprint density at radius 2 is 1.57 bits per heavy atom. The lowest BCUT2D eigenvalue weighted by atomic mass is 10.1. The summed E-state index contributed by atoms with van der Waals surface area (Å²) in [7, 11) is 0. The molecule has 1 aromatic carbocycles. The normalized spacial score (nSPS) is 10.6. The van der Waals surface area contributed by atoms with E-state index in [1.54, 1.807) is 12.1 Å². The van der Waals surface area contributed by atoms with E-state index >= 15 is 0 Å². The highest BCUT2D eigenvalue weighted by atomic mass is 16.2. The number of amides is 2. The highest BCUT2D eigenvalue weighted by molar-refractivity contribution is 5.97. The SMILES string of the molecule is CC(=O)NCCCCNC(=O)c1ccc2nc(C)c(C)nc2c1. The fraction of sp³-hybridized carbons (Fsp3) is 0.412. The minimum atomic E-state index is -0.119. The van der Waals surface area contributed by atoms with E-state index in [1.165, 1.54) is 6.92 Å². The maximum absolute atomic E-state index is 12.2. The van der Waals surface area contributed by atoms with Crippen LogP contribution in [0.3, 0.4) is 0 Å². The Kier molecular flexibility index (Phi) is 5.62. The van der Waals surface area contributed by atoms with E-state index in [-0.39, 0.29) is 11.8 Å². The number of unbranched alkanes of at least 4 members (excludes halogenated alkanes) is 1. The van der Waals surface area contributed by atoms with Crippen molar-refractivity contribution < 1.29 is 9.59 Å². The standard InChI is InChI=1S/C17H22N4O2/c1-11-12(2)21-16-10-14(6-7-15(16)20-11)17(23)19-9-5-4-8-18-13(3)22/h6-7,10H,4-5,8-9H2,1-3H3,(H,18,22)(H,19,23). The number of fused-ring (bicyclic) bond motifs is 1. The Balaban J connectivity index is 1.91. The molecule has 2 rings (SSSR count). The van der Waals surface area contributed by atoms with Gasteiger partial charge < -0.3 is 10.6 Å². The third-order valence-corrected chi connectivity index (χ3v) is 3.60. The largest absolute Gasteiger partial charge is 0.356 e. The van der Waals surface area contributed by atoms with Crippen molar-refractivity contribution in [2.45, 2.75) is 33.6 Å². The minimum Gasteiger partial charge on any atom is -0.356 e. The van der Waals surface area contributed by atoms with Crippen molar-refractivity contribution in [2.24, 2.45) is 0 Å². The summed E-state index contributed by atoms with van der Waals surface area (Å²) in [5, 5.41) is 5.61. The van der Waals surface area contributed by atoms with Crippen molar-refractivity contribution in [2.75, 3.05) is 13.1 Å². The fourth-order valence-corrected chi connectivity index (χ4v) is 2.19. The zero-order valence-corrected chi connectivity index (χ0v) is 13.8. The first kappa shape index (κ1) is 16.9. The van der Waals surface area contributed by atoms with Gasteiger partial charge in [-0.2, -0.15) is 0 Å². The number of hydrogen-bond donors (Lipinski definition) is 2. The summed E-state index contributed by atoms with van der Waals surface area (Å²) in [6.45, 7) is 6.53. The van der Waals surface area contributed by atoms with Crippen LogP contribution in [-0.4, -0.2) is 34.9 Å². The van der Waals surface area contributed by atoms with Gasteiger partial charge >= 0.3 is 0 Å². The number of hydrogen-bond acceptors (Lipinski definition) is 4. The van der Waals surface area contributed by atoms with E-state index in [2.05, 4.69) is 20.6 Å². The molecule has 0 unspecified atom stereocenters. The quantitative estimate of drug-likeness (QED) is 0.798. The van der Waals surface area contributed by atoms with Crippen LogP contribution in [0, 0.1) is 13.8 Å². The molecule has 6 heteroatoms. The molecule has 0 fully saturated rings. The molecule has 2 aromatic rings. The Hall–Kier alpha value is -2.50. The van der Waals surface area contributed by atoms with Gasteiger partial charge in [0.15, 0.2) is 0 Å². The van der Waals surface area contributed by atoms with E-state index in [0.29, 0.717) is 18.7 Å². The van der Waals surface area contributed by atoms with Crippen molar-refractivity contribution in [1.29, 1.82) is 0 Å². The fourth-order valence-electron chi connectivity index (χ4n) is 2.19. The van der Waals surface area contributed by atoms with Crippen LogP contribution in [0.5, 0.6) is 0 Å². The summed E-state index contributed by atoms with van der Waals surface area (Å²) in [6.07, 6.45) is 1.65. The number of carbonyl (C=O) groups is 2. The number of aryl methyl sites for hydroxylation is 2. The highest BCUT2D eigenvalue weighted by Crippen LogP contribution is 2.14. The molecular formula is C17H22N4O2. The summed E-state index contributed by atoms with van der Waals surface area (Å²) < 4.78 is 0. The molecule has 0 atom stereocenters. The second-order valence-electron chi connectivity index (χ2n) is 5.54. The first-order valence-electron chi connectivity index (χ1n) is 7.75. The Morgan fingerprint density at radius 1 is 0.957 bits per heavy atom. The topological polar surface area (TPSA) is 84.0 Å². The molecule has 0 spiro atoms. The van der Waals surface area contributed by atoms with Crippen molar-refractivity contribution in [3.63, 3.8) is 0 Å². The third-order valence-electron chi connectivity index (χ3n) is 3.60. The van der Waals surface area contributed by atoms with Gasteiger partial charge in [0.1, 0.15) is 0 Å². The number of nitrogens with one attached hydrogen (secondary N) is 2. The van der Waals surface area contributed by atoms with Crippen LogP contribution in [0.4, 0.5) is 0 Å². The third kappa shape index (κ3) is 4.74. The van der Waals surface area contributed by atoms with Crippen LogP contribution >= 0.6 is 0 Å². The molecule has 0 radical (unpaired) electrons. The molecule has 1 aromatic heterocycles. The maximum atomic E-state index is 12.2. The number of aromatic nitrogens is 2. The zero-order chi connectivity index (χ0) is 16.8. The lowest BCUT2D eigenvalue weighted by molar-refractivity contribution is -0.118. The molecule has 0 saturated heterocycles. The van der Waals surface area contributed by atoms with Crippen molar-refractivity contribution in [3.8, 4) is 0 Å². The summed E-state index contributed by atoms with van der Waals surface area (Å²) in [4.78, 5) is 31.8. The molecule has 6 nitrogen and oxygen atoms in total. The molecule has 23 heavy (non-hydrogen) atoms. The van der Waals surface area contributed by atoms with Crippen molar-refractivity contribution >= 4 is 22.8 Å². The Bertz CT molecular complexity index is 728. The van der Waals surface area contributed by atoms with Gasteiger partial charge in [-0.15, -0.1) is 0 Å². The molecule has 0 aliphatic rings. The van der Waals surface area contributed by atoms with Crippen LogP contribution in [0.1, 0.15) is 41.5 Å². The number of nitrogens with zero attached hydrogens (tertiary/aromatic N) is 2. The van der Waals surface area contributed by atoms with Crippen molar-refractivity contribution in [1.82, 2.24) is 20.6 Å². The average molecular weight is 314 g/mol. The molecule has 2 amide bonds. The van der Waals surface area contributed by atoms with Crippen LogP contribution < -0.4 is 10.6 Å². The van der Waals surface area contributed by atoms with Gasteiger partial charge in [-0.3, -0.25) is 9.59 Å². The van der Waals surface area contributed by atoms with Gasteiger partial charge in [-0.1, -0.05) is 0 Å². The summed E-state index contributed by atoms with van der Waals surface area (Å²) in [5.74, 6) is -0.150. The first-order valence-corrected chi connectivity index (χ1v) is 7.75. The van der Waals surface area contributed by atoms with Gasteiger partial charge in [0.25, 0.3) is 5.91 Å².